The highest BCUT2D eigenvalue weighted by Gasteiger charge is 2.23. The van der Waals surface area contributed by atoms with Crippen molar-refractivity contribution in [1.82, 2.24) is 10.1 Å². The van der Waals surface area contributed by atoms with Crippen molar-refractivity contribution in [1.29, 1.82) is 0 Å². The second kappa shape index (κ2) is 6.29. The Morgan fingerprint density at radius 2 is 1.83 bits per heavy atom. The number of nitrogens with two attached hydrogens (primary N) is 1. The molecule has 0 amide bonds. The van der Waals surface area contributed by atoms with Crippen molar-refractivity contribution in [2.75, 3.05) is 0 Å². The van der Waals surface area contributed by atoms with E-state index in [0.717, 1.165) is 18.7 Å². The normalized spacial score (nSPS) is 22.2. The van der Waals surface area contributed by atoms with Crippen molar-refractivity contribution < 1.29 is 9.63 Å². The Morgan fingerprint density at radius 3 is 2.44 bits per heavy atom. The van der Waals surface area contributed by atoms with Gasteiger partial charge in [-0.3, -0.25) is 0 Å². The molecule has 1 heterocycles. The first-order chi connectivity index (χ1) is 8.68. The third kappa shape index (κ3) is 3.29. The number of nitrogens with zero attached hydrogens (tertiary/aromatic N) is 2. The number of aliphatic hydroxyl groups excluding tert-OH is 1. The van der Waals surface area contributed by atoms with E-state index in [1.165, 1.54) is 32.1 Å². The maximum atomic E-state index is 9.42. The summed E-state index contributed by atoms with van der Waals surface area (Å²) in [5, 5.41) is 13.5. The molecule has 0 bridgehead atoms. The molecule has 102 valence electrons. The van der Waals surface area contributed by atoms with Crippen LogP contribution in [0.5, 0.6) is 0 Å². The molecule has 2 atom stereocenters. The van der Waals surface area contributed by atoms with Gasteiger partial charge in [0.25, 0.3) is 0 Å². The molecule has 0 aliphatic heterocycles. The molecular weight excluding hydrogens is 230 g/mol. The molecule has 1 aromatic rings. The van der Waals surface area contributed by atoms with Gasteiger partial charge >= 0.3 is 0 Å². The molecule has 1 aromatic heterocycles. The summed E-state index contributed by atoms with van der Waals surface area (Å²) in [5.41, 5.74) is 5.79. The highest BCUT2D eigenvalue weighted by molar-refractivity contribution is 4.99. The molecule has 1 aliphatic carbocycles. The average molecular weight is 253 g/mol. The van der Waals surface area contributed by atoms with E-state index in [1.54, 1.807) is 6.92 Å². The Hall–Kier alpha value is -0.940. The smallest absolute Gasteiger partial charge is 0.246 e. The van der Waals surface area contributed by atoms with E-state index in [-0.39, 0.29) is 0 Å². The Balaban J connectivity index is 2.03. The quantitative estimate of drug-likeness (QED) is 0.863. The Kier molecular flexibility index (Phi) is 4.72. The topological polar surface area (TPSA) is 85.2 Å². The van der Waals surface area contributed by atoms with Crippen LogP contribution in [0, 0.1) is 0 Å². The van der Waals surface area contributed by atoms with Crippen molar-refractivity contribution in [2.45, 2.75) is 69.9 Å². The Labute approximate surface area is 108 Å². The van der Waals surface area contributed by atoms with Gasteiger partial charge in [0, 0.05) is 5.92 Å². The number of hydrogen-bond acceptors (Lipinski definition) is 5. The fourth-order valence-electron chi connectivity index (χ4n) is 2.47. The van der Waals surface area contributed by atoms with Crippen LogP contribution in [0.25, 0.3) is 0 Å². The van der Waals surface area contributed by atoms with E-state index in [9.17, 15) is 5.11 Å². The van der Waals surface area contributed by atoms with E-state index in [0.29, 0.717) is 11.8 Å². The number of aromatic nitrogens is 2. The van der Waals surface area contributed by atoms with Crippen LogP contribution in [0.3, 0.4) is 0 Å². The first-order valence-electron chi connectivity index (χ1n) is 6.95. The van der Waals surface area contributed by atoms with E-state index in [4.69, 9.17) is 10.3 Å². The lowest BCUT2D eigenvalue weighted by Crippen LogP contribution is -2.23. The van der Waals surface area contributed by atoms with Gasteiger partial charge in [-0.2, -0.15) is 4.98 Å². The lowest BCUT2D eigenvalue weighted by molar-refractivity contribution is 0.146. The first kappa shape index (κ1) is 13.5. The van der Waals surface area contributed by atoms with Gasteiger partial charge in [-0.05, 0) is 19.8 Å². The molecular formula is C13H23N3O2. The maximum Gasteiger partial charge on any atom is 0.246 e. The Morgan fingerprint density at radius 1 is 1.22 bits per heavy atom. The fourth-order valence-corrected chi connectivity index (χ4v) is 2.47. The summed E-state index contributed by atoms with van der Waals surface area (Å²) < 4.78 is 5.17. The van der Waals surface area contributed by atoms with Crippen molar-refractivity contribution >= 4 is 0 Å². The molecule has 5 nitrogen and oxygen atoms in total. The predicted molar refractivity (Wildman–Crippen MR) is 68.0 cm³/mol. The van der Waals surface area contributed by atoms with Gasteiger partial charge in [-0.1, -0.05) is 37.3 Å². The van der Waals surface area contributed by atoms with Gasteiger partial charge in [0.1, 0.15) is 6.04 Å². The summed E-state index contributed by atoms with van der Waals surface area (Å²) in [6, 6.07) is -0.584. The lowest BCUT2D eigenvalue weighted by Gasteiger charge is -2.16. The van der Waals surface area contributed by atoms with Crippen molar-refractivity contribution in [2.24, 2.45) is 5.73 Å². The van der Waals surface area contributed by atoms with Crippen LogP contribution >= 0.6 is 0 Å². The molecule has 1 saturated carbocycles. The van der Waals surface area contributed by atoms with Gasteiger partial charge in [-0.25, -0.2) is 0 Å². The zero-order valence-electron chi connectivity index (χ0n) is 11.0. The number of rotatable bonds is 3. The minimum absolute atomic E-state index is 0.349. The molecule has 1 aliphatic rings. The monoisotopic (exact) mass is 253 g/mol. The average Bonchev–Trinajstić information content (AvgIpc) is 2.76. The maximum absolute atomic E-state index is 9.42. The molecule has 0 spiro atoms. The van der Waals surface area contributed by atoms with Crippen LogP contribution < -0.4 is 5.73 Å². The van der Waals surface area contributed by atoms with E-state index >= 15 is 0 Å². The highest BCUT2D eigenvalue weighted by Crippen LogP contribution is 2.29. The minimum atomic E-state index is -0.671. The highest BCUT2D eigenvalue weighted by atomic mass is 16.5. The zero-order chi connectivity index (χ0) is 13.0. The SMILES string of the molecule is CC(O)C(N)c1nc(C2CCCCCCC2)no1. The van der Waals surface area contributed by atoms with Crippen molar-refractivity contribution in [3.63, 3.8) is 0 Å². The summed E-state index contributed by atoms with van der Waals surface area (Å²) in [4.78, 5) is 4.36. The second-order valence-corrected chi connectivity index (χ2v) is 5.30. The van der Waals surface area contributed by atoms with Gasteiger partial charge in [0.2, 0.25) is 5.89 Å². The molecule has 0 aromatic carbocycles. The molecule has 2 rings (SSSR count). The summed E-state index contributed by atoms with van der Waals surface area (Å²) in [5.74, 6) is 1.51. The Bertz CT molecular complexity index is 357. The third-order valence-corrected chi connectivity index (χ3v) is 3.73. The zero-order valence-corrected chi connectivity index (χ0v) is 11.0. The van der Waals surface area contributed by atoms with Crippen LogP contribution in [0.4, 0.5) is 0 Å². The lowest BCUT2D eigenvalue weighted by atomic mass is 9.91. The van der Waals surface area contributed by atoms with Crippen LogP contribution in [-0.2, 0) is 0 Å². The van der Waals surface area contributed by atoms with Gasteiger partial charge in [0.05, 0.1) is 6.10 Å². The van der Waals surface area contributed by atoms with Crippen molar-refractivity contribution in [3.8, 4) is 0 Å². The summed E-state index contributed by atoms with van der Waals surface area (Å²) in [6.45, 7) is 1.63. The molecule has 18 heavy (non-hydrogen) atoms. The molecule has 2 unspecified atom stereocenters. The largest absolute Gasteiger partial charge is 0.391 e. The number of aliphatic hydroxyl groups is 1. The van der Waals surface area contributed by atoms with Crippen LogP contribution in [0.15, 0.2) is 4.52 Å². The van der Waals surface area contributed by atoms with Crippen LogP contribution in [0.2, 0.25) is 0 Å². The summed E-state index contributed by atoms with van der Waals surface area (Å²) >= 11 is 0. The van der Waals surface area contributed by atoms with Crippen LogP contribution in [-0.4, -0.2) is 21.4 Å². The predicted octanol–water partition coefficient (Wildman–Crippen LogP) is 2.28. The standard InChI is InChI=1S/C13H23N3O2/c1-9(17)11(14)13-15-12(16-18-13)10-7-5-3-2-4-6-8-10/h9-11,17H,2-8,14H2,1H3. The van der Waals surface area contributed by atoms with Gasteiger partial charge in [0.15, 0.2) is 5.82 Å². The van der Waals surface area contributed by atoms with Gasteiger partial charge < -0.3 is 15.4 Å². The number of hydrogen-bond donors (Lipinski definition) is 2. The van der Waals surface area contributed by atoms with Gasteiger partial charge in [-0.15, -0.1) is 0 Å². The molecule has 3 N–H and O–H groups in total. The summed E-state index contributed by atoms with van der Waals surface area (Å²) in [6.07, 6.45) is 8.00. The minimum Gasteiger partial charge on any atom is -0.391 e. The molecule has 1 fully saturated rings. The van der Waals surface area contributed by atoms with Crippen molar-refractivity contribution in [3.05, 3.63) is 11.7 Å². The third-order valence-electron chi connectivity index (χ3n) is 3.73. The van der Waals surface area contributed by atoms with E-state index in [1.807, 2.05) is 0 Å². The first-order valence-corrected chi connectivity index (χ1v) is 6.95. The summed E-state index contributed by atoms with van der Waals surface area (Å²) in [7, 11) is 0. The second-order valence-electron chi connectivity index (χ2n) is 5.30. The van der Waals surface area contributed by atoms with Crippen LogP contribution in [0.1, 0.15) is 75.5 Å². The fraction of sp³-hybridized carbons (Fsp3) is 0.846. The molecule has 0 saturated heterocycles. The van der Waals surface area contributed by atoms with E-state index in [2.05, 4.69) is 10.1 Å². The molecule has 0 radical (unpaired) electrons. The van der Waals surface area contributed by atoms with E-state index < -0.39 is 12.1 Å². The molecule has 5 heteroatoms.